The summed E-state index contributed by atoms with van der Waals surface area (Å²) in [5.74, 6) is -0.301. The third-order valence-corrected chi connectivity index (χ3v) is 4.98. The zero-order valence-electron chi connectivity index (χ0n) is 12.5. The zero-order valence-corrected chi connectivity index (χ0v) is 13.3. The normalized spacial score (nSPS) is 16.8. The van der Waals surface area contributed by atoms with Crippen LogP contribution in [0.4, 0.5) is 4.39 Å². The molecule has 0 aliphatic carbocycles. The van der Waals surface area contributed by atoms with E-state index in [1.54, 1.807) is 12.1 Å². The van der Waals surface area contributed by atoms with Gasteiger partial charge < -0.3 is 10.1 Å². The van der Waals surface area contributed by atoms with E-state index in [0.29, 0.717) is 23.5 Å². The quantitative estimate of drug-likeness (QED) is 0.943. The number of carbonyl (C=O) groups is 1. The Bertz CT molecular complexity index is 714. The van der Waals surface area contributed by atoms with Gasteiger partial charge in [-0.05, 0) is 19.4 Å². The molecule has 0 spiro atoms. The van der Waals surface area contributed by atoms with Gasteiger partial charge in [0.15, 0.2) is 11.6 Å². The predicted molar refractivity (Wildman–Crippen MR) is 82.9 cm³/mol. The summed E-state index contributed by atoms with van der Waals surface area (Å²) in [7, 11) is 0. The Hall–Kier alpha value is -1.95. The van der Waals surface area contributed by atoms with Gasteiger partial charge in [0.1, 0.15) is 4.88 Å². The molecule has 1 amide bonds. The maximum atomic E-state index is 13.8. The van der Waals surface area contributed by atoms with Crippen LogP contribution in [0.1, 0.15) is 45.3 Å². The highest BCUT2D eigenvalue weighted by Crippen LogP contribution is 2.34. The van der Waals surface area contributed by atoms with Crippen molar-refractivity contribution in [3.63, 3.8) is 0 Å². The molecule has 1 aromatic carbocycles. The van der Waals surface area contributed by atoms with Crippen LogP contribution in [0.3, 0.4) is 0 Å². The maximum absolute atomic E-state index is 13.8. The number of thiazole rings is 1. The molecule has 2 heterocycles. The molecular weight excluding hydrogens is 303 g/mol. The van der Waals surface area contributed by atoms with E-state index in [0.717, 1.165) is 17.1 Å². The zero-order chi connectivity index (χ0) is 15.7. The lowest BCUT2D eigenvalue weighted by Gasteiger charge is -2.26. The van der Waals surface area contributed by atoms with Gasteiger partial charge in [-0.1, -0.05) is 19.1 Å². The standard InChI is InChI=1S/C16H17FN2O2S/c1-3-13-18-9(2)15(22-13)16(20)19-12-7-8-21-14-10(12)5-4-6-11(14)17/h4-6,12H,3,7-8H2,1-2H3,(H,19,20). The van der Waals surface area contributed by atoms with Crippen molar-refractivity contribution in [1.82, 2.24) is 10.3 Å². The van der Waals surface area contributed by atoms with Gasteiger partial charge in [0.05, 0.1) is 23.4 Å². The van der Waals surface area contributed by atoms with Crippen molar-refractivity contribution >= 4 is 17.2 Å². The van der Waals surface area contributed by atoms with Gasteiger partial charge in [-0.2, -0.15) is 0 Å². The fraction of sp³-hybridized carbons (Fsp3) is 0.375. The highest BCUT2D eigenvalue weighted by molar-refractivity contribution is 7.13. The maximum Gasteiger partial charge on any atom is 0.263 e. The molecule has 2 aromatic rings. The van der Waals surface area contributed by atoms with Crippen molar-refractivity contribution in [2.45, 2.75) is 32.7 Å². The number of fused-ring (bicyclic) bond motifs is 1. The number of ether oxygens (including phenoxy) is 1. The smallest absolute Gasteiger partial charge is 0.263 e. The van der Waals surface area contributed by atoms with Crippen molar-refractivity contribution < 1.29 is 13.9 Å². The van der Waals surface area contributed by atoms with Crippen molar-refractivity contribution in [1.29, 1.82) is 0 Å². The van der Waals surface area contributed by atoms with Crippen LogP contribution >= 0.6 is 11.3 Å². The fourth-order valence-corrected chi connectivity index (χ4v) is 3.48. The predicted octanol–water partition coefficient (Wildman–Crippen LogP) is 3.41. The fourth-order valence-electron chi connectivity index (χ4n) is 2.57. The van der Waals surface area contributed by atoms with E-state index in [1.165, 1.54) is 17.4 Å². The molecule has 1 aliphatic rings. The van der Waals surface area contributed by atoms with Crippen molar-refractivity contribution in [2.75, 3.05) is 6.61 Å². The lowest BCUT2D eigenvalue weighted by molar-refractivity contribution is 0.0927. The summed E-state index contributed by atoms with van der Waals surface area (Å²) < 4.78 is 19.2. The second-order valence-corrected chi connectivity index (χ2v) is 6.28. The minimum Gasteiger partial charge on any atom is -0.490 e. The van der Waals surface area contributed by atoms with Crippen molar-refractivity contribution in [3.8, 4) is 5.75 Å². The number of carbonyl (C=O) groups excluding carboxylic acids is 1. The van der Waals surface area contributed by atoms with E-state index in [1.807, 2.05) is 13.8 Å². The first-order chi connectivity index (χ1) is 10.6. The molecule has 1 N–H and O–H groups in total. The van der Waals surface area contributed by atoms with Crippen LogP contribution < -0.4 is 10.1 Å². The third-order valence-electron chi connectivity index (χ3n) is 3.68. The molecule has 22 heavy (non-hydrogen) atoms. The average Bonchev–Trinajstić information content (AvgIpc) is 2.89. The summed E-state index contributed by atoms with van der Waals surface area (Å²) >= 11 is 1.41. The van der Waals surface area contributed by atoms with Gasteiger partial charge in [-0.25, -0.2) is 9.37 Å². The summed E-state index contributed by atoms with van der Waals surface area (Å²) in [6.45, 7) is 4.24. The first kappa shape index (κ1) is 15.0. The molecule has 1 aliphatic heterocycles. The van der Waals surface area contributed by atoms with E-state index < -0.39 is 5.82 Å². The minimum absolute atomic E-state index is 0.156. The number of aryl methyl sites for hydroxylation is 2. The minimum atomic E-state index is -0.390. The second kappa shape index (κ2) is 6.04. The number of nitrogens with zero attached hydrogens (tertiary/aromatic N) is 1. The molecule has 0 saturated carbocycles. The van der Waals surface area contributed by atoms with Crippen LogP contribution in [-0.4, -0.2) is 17.5 Å². The number of halogens is 1. The Morgan fingerprint density at radius 2 is 2.36 bits per heavy atom. The second-order valence-electron chi connectivity index (χ2n) is 5.20. The van der Waals surface area contributed by atoms with Gasteiger partial charge in [0, 0.05) is 12.0 Å². The van der Waals surface area contributed by atoms with Crippen molar-refractivity contribution in [2.24, 2.45) is 0 Å². The molecule has 1 aromatic heterocycles. The molecule has 6 heteroatoms. The van der Waals surface area contributed by atoms with Gasteiger partial charge in [-0.15, -0.1) is 11.3 Å². The van der Waals surface area contributed by atoms with Crippen molar-refractivity contribution in [3.05, 3.63) is 45.2 Å². The Morgan fingerprint density at radius 3 is 3.09 bits per heavy atom. The van der Waals surface area contributed by atoms with E-state index in [-0.39, 0.29) is 17.7 Å². The van der Waals surface area contributed by atoms with E-state index in [9.17, 15) is 9.18 Å². The Kier molecular flexibility index (Phi) is 4.11. The van der Waals surface area contributed by atoms with Crippen LogP contribution in [-0.2, 0) is 6.42 Å². The molecular formula is C16H17FN2O2S. The molecule has 1 unspecified atom stereocenters. The number of hydrogen-bond acceptors (Lipinski definition) is 4. The average molecular weight is 320 g/mol. The van der Waals surface area contributed by atoms with E-state index >= 15 is 0 Å². The van der Waals surface area contributed by atoms with Gasteiger partial charge in [-0.3, -0.25) is 4.79 Å². The number of amides is 1. The number of aromatic nitrogens is 1. The summed E-state index contributed by atoms with van der Waals surface area (Å²) in [5.41, 5.74) is 1.43. The number of para-hydroxylation sites is 1. The van der Waals surface area contributed by atoms with Crippen LogP contribution in [0.25, 0.3) is 0 Å². The molecule has 3 rings (SSSR count). The Labute approximate surface area is 132 Å². The topological polar surface area (TPSA) is 51.2 Å². The molecule has 116 valence electrons. The molecule has 0 bridgehead atoms. The summed E-state index contributed by atoms with van der Waals surface area (Å²) in [4.78, 5) is 17.5. The number of hydrogen-bond donors (Lipinski definition) is 1. The highest BCUT2D eigenvalue weighted by Gasteiger charge is 2.26. The number of benzene rings is 1. The van der Waals surface area contributed by atoms with E-state index in [4.69, 9.17) is 4.74 Å². The van der Waals surface area contributed by atoms with Gasteiger partial charge in [0.25, 0.3) is 5.91 Å². The third kappa shape index (κ3) is 2.70. The lowest BCUT2D eigenvalue weighted by Crippen LogP contribution is -2.32. The van der Waals surface area contributed by atoms with Crippen LogP contribution in [0.2, 0.25) is 0 Å². The molecule has 1 atom stereocenters. The van der Waals surface area contributed by atoms with Crippen LogP contribution in [0, 0.1) is 12.7 Å². The molecule has 0 fully saturated rings. The van der Waals surface area contributed by atoms with Gasteiger partial charge >= 0.3 is 0 Å². The summed E-state index contributed by atoms with van der Waals surface area (Å²) in [6, 6.07) is 4.55. The summed E-state index contributed by atoms with van der Waals surface area (Å²) in [6.07, 6.45) is 1.44. The molecule has 4 nitrogen and oxygen atoms in total. The molecule has 0 saturated heterocycles. The molecule has 0 radical (unpaired) electrons. The lowest BCUT2D eigenvalue weighted by atomic mass is 10.00. The number of rotatable bonds is 3. The highest BCUT2D eigenvalue weighted by atomic mass is 32.1. The van der Waals surface area contributed by atoms with Crippen LogP contribution in [0.5, 0.6) is 5.75 Å². The first-order valence-electron chi connectivity index (χ1n) is 7.28. The van der Waals surface area contributed by atoms with Gasteiger partial charge in [0.2, 0.25) is 0 Å². The Balaban J connectivity index is 1.84. The number of nitrogens with one attached hydrogen (secondary N) is 1. The van der Waals surface area contributed by atoms with Crippen LogP contribution in [0.15, 0.2) is 18.2 Å². The Morgan fingerprint density at radius 1 is 1.55 bits per heavy atom. The summed E-state index contributed by atoms with van der Waals surface area (Å²) in [5, 5.41) is 3.93. The monoisotopic (exact) mass is 320 g/mol. The van der Waals surface area contributed by atoms with E-state index in [2.05, 4.69) is 10.3 Å². The SMILES string of the molecule is CCc1nc(C)c(C(=O)NC2CCOc3c(F)cccc32)s1. The first-order valence-corrected chi connectivity index (χ1v) is 8.10. The largest absolute Gasteiger partial charge is 0.490 e.